The average Bonchev–Trinajstić information content (AvgIpc) is 2.49. The minimum absolute atomic E-state index is 0.0148. The Kier molecular flexibility index (Phi) is 3.81. The fourth-order valence-corrected chi connectivity index (χ4v) is 1.48. The molecular weight excluding hydrogens is 245 g/mol. The Hall–Kier alpha value is -1.22. The first-order chi connectivity index (χ1) is 7.29. The Morgan fingerprint density at radius 3 is 2.62 bits per heavy atom. The smallest absolute Gasteiger partial charge is 0.327 e. The zero-order valence-corrected chi connectivity index (χ0v) is 9.02. The molecule has 1 aromatic heterocycles. The van der Waals surface area contributed by atoms with Gasteiger partial charge in [0.25, 0.3) is 0 Å². The minimum atomic E-state index is -4.54. The van der Waals surface area contributed by atoms with E-state index >= 15 is 0 Å². The number of hydrogen-bond donors (Lipinski definition) is 2. The van der Waals surface area contributed by atoms with Crippen LogP contribution in [0.2, 0.25) is 0 Å². The predicted octanol–water partition coefficient (Wildman–Crippen LogP) is 1.23. The van der Waals surface area contributed by atoms with Gasteiger partial charge in [0.05, 0.1) is 0 Å². The lowest BCUT2D eigenvalue weighted by molar-refractivity contribution is -0.138. The largest absolute Gasteiger partial charge is 0.445 e. The molecule has 0 fully saturated rings. The Labute approximate surface area is 92.9 Å². The Balaban J connectivity index is 2.62. The number of alkyl halides is 3. The molecule has 0 aromatic carbocycles. The normalized spacial score (nSPS) is 13.6. The summed E-state index contributed by atoms with van der Waals surface area (Å²) < 4.78 is 36.4. The van der Waals surface area contributed by atoms with Gasteiger partial charge in [-0.15, -0.1) is 10.2 Å². The maximum Gasteiger partial charge on any atom is 0.445 e. The molecule has 1 amide bonds. The molecule has 0 aliphatic rings. The molecule has 3 N–H and O–H groups in total. The zero-order valence-electron chi connectivity index (χ0n) is 8.21. The molecule has 0 saturated carbocycles. The Bertz CT molecular complexity index is 376. The minimum Gasteiger partial charge on any atom is -0.327 e. The zero-order chi connectivity index (χ0) is 12.3. The number of nitrogens with one attached hydrogen (secondary N) is 1. The summed E-state index contributed by atoms with van der Waals surface area (Å²) in [6.45, 7) is 1.61. The van der Waals surface area contributed by atoms with Gasteiger partial charge in [0, 0.05) is 12.5 Å². The van der Waals surface area contributed by atoms with Gasteiger partial charge < -0.3 is 11.1 Å². The van der Waals surface area contributed by atoms with Crippen molar-refractivity contribution in [3.8, 4) is 0 Å². The molecule has 9 heteroatoms. The number of nitrogens with zero attached hydrogens (tertiary/aromatic N) is 2. The van der Waals surface area contributed by atoms with Crippen LogP contribution in [0.1, 0.15) is 18.4 Å². The number of amides is 1. The van der Waals surface area contributed by atoms with Crippen molar-refractivity contribution >= 4 is 22.4 Å². The summed E-state index contributed by atoms with van der Waals surface area (Å²) in [7, 11) is 0. The third kappa shape index (κ3) is 3.74. The molecule has 16 heavy (non-hydrogen) atoms. The highest BCUT2D eigenvalue weighted by molar-refractivity contribution is 7.15. The predicted molar refractivity (Wildman–Crippen MR) is 51.8 cm³/mol. The molecule has 0 saturated heterocycles. The van der Waals surface area contributed by atoms with Crippen LogP contribution < -0.4 is 11.1 Å². The van der Waals surface area contributed by atoms with Crippen molar-refractivity contribution in [1.29, 1.82) is 0 Å². The molecule has 1 unspecified atom stereocenters. The molecule has 0 spiro atoms. The summed E-state index contributed by atoms with van der Waals surface area (Å²) in [5, 5.41) is 7.04. The van der Waals surface area contributed by atoms with Crippen molar-refractivity contribution in [3.05, 3.63) is 5.01 Å². The monoisotopic (exact) mass is 254 g/mol. The first-order valence-electron chi connectivity index (χ1n) is 4.25. The van der Waals surface area contributed by atoms with Gasteiger partial charge in [-0.05, 0) is 6.92 Å². The maximum atomic E-state index is 12.1. The van der Waals surface area contributed by atoms with Crippen LogP contribution in [-0.2, 0) is 11.0 Å². The van der Waals surface area contributed by atoms with E-state index in [0.29, 0.717) is 0 Å². The second-order valence-electron chi connectivity index (χ2n) is 3.14. The first-order valence-corrected chi connectivity index (χ1v) is 5.07. The number of rotatable bonds is 3. The highest BCUT2D eigenvalue weighted by Crippen LogP contribution is 2.32. The van der Waals surface area contributed by atoms with Crippen LogP contribution in [-0.4, -0.2) is 22.1 Å². The number of hydrogen-bond acceptors (Lipinski definition) is 5. The number of aromatic nitrogens is 2. The fraction of sp³-hybridized carbons (Fsp3) is 0.571. The van der Waals surface area contributed by atoms with Crippen molar-refractivity contribution < 1.29 is 18.0 Å². The quantitative estimate of drug-likeness (QED) is 0.850. The number of carbonyl (C=O) groups is 1. The second-order valence-corrected chi connectivity index (χ2v) is 4.12. The molecule has 1 aromatic rings. The molecular formula is C7H9F3N4OS. The number of carbonyl (C=O) groups excluding carboxylic acids is 1. The molecule has 90 valence electrons. The van der Waals surface area contributed by atoms with E-state index in [1.807, 2.05) is 0 Å². The topological polar surface area (TPSA) is 80.9 Å². The number of halogens is 3. The van der Waals surface area contributed by atoms with Crippen molar-refractivity contribution in [2.75, 3.05) is 5.32 Å². The Morgan fingerprint density at radius 2 is 2.19 bits per heavy atom. The summed E-state index contributed by atoms with van der Waals surface area (Å²) in [6, 6.07) is -0.366. The first kappa shape index (κ1) is 12.8. The van der Waals surface area contributed by atoms with Gasteiger partial charge in [-0.1, -0.05) is 11.3 Å². The van der Waals surface area contributed by atoms with Crippen molar-refractivity contribution in [2.24, 2.45) is 5.73 Å². The van der Waals surface area contributed by atoms with E-state index in [-0.39, 0.29) is 28.9 Å². The van der Waals surface area contributed by atoms with E-state index in [9.17, 15) is 18.0 Å². The van der Waals surface area contributed by atoms with Gasteiger partial charge in [-0.25, -0.2) is 0 Å². The molecule has 1 atom stereocenters. The lowest BCUT2D eigenvalue weighted by Crippen LogP contribution is -2.23. The SMILES string of the molecule is CC(N)CC(=O)Nc1nnc(C(F)(F)F)s1. The molecule has 1 heterocycles. The van der Waals surface area contributed by atoms with Gasteiger partial charge in [-0.2, -0.15) is 13.2 Å². The average molecular weight is 254 g/mol. The highest BCUT2D eigenvalue weighted by atomic mass is 32.1. The van der Waals surface area contributed by atoms with Crippen LogP contribution in [0, 0.1) is 0 Å². The molecule has 5 nitrogen and oxygen atoms in total. The number of anilines is 1. The molecule has 0 bridgehead atoms. The van der Waals surface area contributed by atoms with E-state index < -0.39 is 17.1 Å². The van der Waals surface area contributed by atoms with Crippen LogP contribution >= 0.6 is 11.3 Å². The summed E-state index contributed by atoms with van der Waals surface area (Å²) in [6.07, 6.45) is -4.53. The summed E-state index contributed by atoms with van der Waals surface area (Å²) >= 11 is 0.275. The van der Waals surface area contributed by atoms with E-state index in [2.05, 4.69) is 15.5 Å². The van der Waals surface area contributed by atoms with Crippen molar-refractivity contribution in [2.45, 2.75) is 25.6 Å². The van der Waals surface area contributed by atoms with Gasteiger partial charge in [0.1, 0.15) is 0 Å². The standard InChI is InChI=1S/C7H9F3N4OS/c1-3(11)2-4(15)12-6-14-13-5(16-6)7(8,9)10/h3H,2,11H2,1H3,(H,12,14,15). The molecule has 0 aliphatic heterocycles. The van der Waals surface area contributed by atoms with E-state index in [1.54, 1.807) is 6.92 Å². The highest BCUT2D eigenvalue weighted by Gasteiger charge is 2.35. The summed E-state index contributed by atoms with van der Waals surface area (Å²) in [5.41, 5.74) is 5.35. The van der Waals surface area contributed by atoms with Crippen LogP contribution in [0.5, 0.6) is 0 Å². The van der Waals surface area contributed by atoms with Gasteiger partial charge in [0.15, 0.2) is 0 Å². The summed E-state index contributed by atoms with van der Waals surface area (Å²) in [4.78, 5) is 11.1. The van der Waals surface area contributed by atoms with Gasteiger partial charge in [-0.3, -0.25) is 4.79 Å². The van der Waals surface area contributed by atoms with Crippen molar-refractivity contribution in [3.63, 3.8) is 0 Å². The van der Waals surface area contributed by atoms with Crippen LogP contribution in [0.25, 0.3) is 0 Å². The van der Waals surface area contributed by atoms with Crippen LogP contribution in [0.4, 0.5) is 18.3 Å². The van der Waals surface area contributed by atoms with E-state index in [0.717, 1.165) is 0 Å². The van der Waals surface area contributed by atoms with Gasteiger partial charge in [0.2, 0.25) is 16.0 Å². The van der Waals surface area contributed by atoms with Crippen LogP contribution in [0.15, 0.2) is 0 Å². The third-order valence-electron chi connectivity index (χ3n) is 1.42. The lowest BCUT2D eigenvalue weighted by atomic mass is 10.2. The molecule has 0 aliphatic carbocycles. The Morgan fingerprint density at radius 1 is 1.56 bits per heavy atom. The molecule has 1 rings (SSSR count). The summed E-state index contributed by atoms with van der Waals surface area (Å²) in [5.74, 6) is -0.486. The maximum absolute atomic E-state index is 12.1. The lowest BCUT2D eigenvalue weighted by Gasteiger charge is -2.03. The van der Waals surface area contributed by atoms with Crippen molar-refractivity contribution in [1.82, 2.24) is 10.2 Å². The van der Waals surface area contributed by atoms with Gasteiger partial charge >= 0.3 is 6.18 Å². The van der Waals surface area contributed by atoms with E-state index in [1.165, 1.54) is 0 Å². The second kappa shape index (κ2) is 4.74. The van der Waals surface area contributed by atoms with E-state index in [4.69, 9.17) is 5.73 Å². The third-order valence-corrected chi connectivity index (χ3v) is 2.30. The fourth-order valence-electron chi connectivity index (χ4n) is 0.851. The molecule has 0 radical (unpaired) electrons. The number of nitrogens with two attached hydrogens (primary N) is 1. The van der Waals surface area contributed by atoms with Crippen LogP contribution in [0.3, 0.4) is 0 Å².